The fourth-order valence-corrected chi connectivity index (χ4v) is 14.6. The number of nitrogens with zero attached hydrogens (tertiary/aromatic N) is 8. The van der Waals surface area contributed by atoms with Crippen LogP contribution in [0.15, 0.2) is 413 Å². The van der Waals surface area contributed by atoms with E-state index >= 15 is 0 Å². The van der Waals surface area contributed by atoms with Gasteiger partial charge in [-0.25, -0.2) is 0 Å². The van der Waals surface area contributed by atoms with Gasteiger partial charge in [0.25, 0.3) is 0 Å². The zero-order chi connectivity index (χ0) is 115. The zero-order valence-corrected chi connectivity index (χ0v) is 83.2. The molecule has 1 atom stereocenters. The van der Waals surface area contributed by atoms with E-state index in [9.17, 15) is 0 Å². The fraction of sp³-hybridized carbons (Fsp3) is 0.0894. The molecule has 12 nitrogen and oxygen atoms in total. The molecule has 0 aliphatic rings. The Hall–Kier alpha value is -14.4. The summed E-state index contributed by atoms with van der Waals surface area (Å²) in [5, 5.41) is 7.57. The van der Waals surface area contributed by atoms with E-state index in [1.54, 1.807) is 97.5 Å². The van der Waals surface area contributed by atoms with Crippen molar-refractivity contribution in [2.24, 2.45) is 0 Å². The first-order valence-electron chi connectivity index (χ1n) is 55.4. The van der Waals surface area contributed by atoms with E-state index in [4.69, 9.17) is 53.3 Å². The molecule has 12 aromatic carbocycles. The van der Waals surface area contributed by atoms with Crippen molar-refractivity contribution in [3.63, 3.8) is 0 Å². The van der Waals surface area contributed by atoms with Gasteiger partial charge in [-0.2, -0.15) is 0 Å². The molecule has 0 N–H and O–H groups in total. The molecular weight excluding hydrogens is 2420 g/mol. The summed E-state index contributed by atoms with van der Waals surface area (Å²) in [7, 11) is 0. The van der Waals surface area contributed by atoms with Gasteiger partial charge >= 0.3 is 0 Å². The van der Waals surface area contributed by atoms with Crippen molar-refractivity contribution < 1.29 is 134 Å². The van der Waals surface area contributed by atoms with Crippen LogP contribution < -0.4 is 0 Å². The number of fused-ring (bicyclic) bond motifs is 12. The molecule has 4 radical (unpaired) electrons. The number of hydrogen-bond donors (Lipinski definition) is 0. The minimum Gasteiger partial charge on any atom is -0.501 e. The number of aryl methyl sites for hydroxylation is 5. The Morgan fingerprint density at radius 3 is 0.856 bits per heavy atom. The average molecular weight is 2540 g/mol. The van der Waals surface area contributed by atoms with E-state index in [1.165, 1.54) is 37.8 Å². The van der Waals surface area contributed by atoms with Crippen molar-refractivity contribution in [3.8, 4) is 90.1 Å². The molecule has 0 aliphatic carbocycles. The predicted octanol–water partition coefficient (Wildman–Crippen LogP) is 31.8. The van der Waals surface area contributed by atoms with Crippen LogP contribution in [0, 0.1) is 82.8 Å². The van der Waals surface area contributed by atoms with Crippen molar-refractivity contribution in [1.82, 2.24) is 39.9 Å². The summed E-state index contributed by atoms with van der Waals surface area (Å²) >= 11 is 0. The molecule has 139 heavy (non-hydrogen) atoms. The van der Waals surface area contributed by atoms with Gasteiger partial charge in [0, 0.05) is 187 Å². The smallest absolute Gasteiger partial charge is 0.120 e. The third-order valence-electron chi connectivity index (χ3n) is 21.1. The van der Waals surface area contributed by atoms with Crippen LogP contribution in [-0.2, 0) is 80.4 Å². The van der Waals surface area contributed by atoms with Crippen LogP contribution >= 0.6 is 0 Å². The van der Waals surface area contributed by atoms with E-state index in [0.717, 1.165) is 134 Å². The number of aromatic nitrogens is 8. The molecule has 0 saturated heterocycles. The monoisotopic (exact) mass is 2540 g/mol. The van der Waals surface area contributed by atoms with Crippen molar-refractivity contribution >= 4 is 87.8 Å². The van der Waals surface area contributed by atoms with Crippen molar-refractivity contribution in [2.45, 2.75) is 73.5 Å². The summed E-state index contributed by atoms with van der Waals surface area (Å²) in [6.07, 6.45) is 11.6. The minimum absolute atomic E-state index is 0. The molecule has 0 spiro atoms. The van der Waals surface area contributed by atoms with E-state index in [0.29, 0.717) is 44.7 Å². The summed E-state index contributed by atoms with van der Waals surface area (Å²) in [4.78, 5) is 33.8. The molecule has 1 unspecified atom stereocenters. The molecule has 12 heterocycles. The van der Waals surface area contributed by atoms with Crippen LogP contribution in [0.3, 0.4) is 0 Å². The van der Waals surface area contributed by atoms with Crippen LogP contribution in [0.4, 0.5) is 0 Å². The summed E-state index contributed by atoms with van der Waals surface area (Å²) in [6.45, 7) is -20.1. The van der Waals surface area contributed by atoms with Crippen LogP contribution in [0.2, 0.25) is 0 Å². The Balaban J connectivity index is 0.000000158. The van der Waals surface area contributed by atoms with Crippen molar-refractivity contribution in [2.75, 3.05) is 0 Å². The van der Waals surface area contributed by atoms with Crippen LogP contribution in [0.1, 0.15) is 114 Å². The molecule has 16 heteroatoms. The molecule has 0 saturated carbocycles. The number of furan rings is 4. The van der Waals surface area contributed by atoms with E-state index < -0.39 is 77.7 Å². The van der Waals surface area contributed by atoms with E-state index in [1.807, 2.05) is 249 Å². The summed E-state index contributed by atoms with van der Waals surface area (Å²) in [5.74, 6) is -5.33. The van der Waals surface area contributed by atoms with Crippen LogP contribution in [-0.4, -0.2) is 39.9 Å². The SMILES string of the molecule is [2H]C([2H])([2H])c1cc(-c2[c-]ccc3c2oc2ccccc23)ncc1C([2H])(C)C([2H])([2H])[2H].[2H]C([2H])([2H])c1ccc(-c2[c-]ccc3c2oc2ccccc23)nc1.[2H]C([2H])([2H])c1ccc(-c2[c-]cccc2)nc1.[2H]C([2H])([2H])c1ccc(-c2[c-]cccc2)nc1.[2H]C([2H])([2H])c1cnc(-c2[c-]ccc3c2oc2ccccc23)cc1C([2H])(C([2H])([2H])[2H])C([2H])([2H])[2H].[Ir].[Ir].[Ir].[Ir].[c-]1ccc2c(oc3ccccc32)c1-c1ccccn1.[c-]1ccccc1-c1ccccn1.[c-]1ccccc1-c1ccccn1. The number of para-hydroxylation sites is 4. The molecule has 694 valence electrons. The van der Waals surface area contributed by atoms with Gasteiger partial charge in [-0.15, -0.1) is 216 Å². The maximum Gasteiger partial charge on any atom is 0.120 e. The number of rotatable bonds is 10. The van der Waals surface area contributed by atoms with Crippen molar-refractivity contribution in [1.29, 1.82) is 0 Å². The first-order valence-corrected chi connectivity index (χ1v) is 42.4. The molecule has 0 amide bonds. The number of hydrogen-bond acceptors (Lipinski definition) is 12. The minimum atomic E-state index is -3.36. The number of benzene rings is 12. The maximum absolute atomic E-state index is 8.56. The second-order valence-electron chi connectivity index (χ2n) is 30.1. The van der Waals surface area contributed by atoms with Gasteiger partial charge in [0.2, 0.25) is 0 Å². The summed E-state index contributed by atoms with van der Waals surface area (Å²) < 4.78 is 223. The van der Waals surface area contributed by atoms with Gasteiger partial charge in [-0.3, -0.25) is 0 Å². The predicted molar refractivity (Wildman–Crippen MR) is 549 cm³/mol. The Kier molecular flexibility index (Phi) is 25.7. The van der Waals surface area contributed by atoms with Gasteiger partial charge in [0.15, 0.2) is 0 Å². The molecule has 0 bridgehead atoms. The van der Waals surface area contributed by atoms with Gasteiger partial charge < -0.3 is 57.5 Å². The van der Waals surface area contributed by atoms with Crippen molar-refractivity contribution in [3.05, 3.63) is 483 Å². The average Bonchev–Trinajstić information content (AvgIpc) is 1.02. The quantitative estimate of drug-likeness (QED) is 0.120. The van der Waals surface area contributed by atoms with Gasteiger partial charge in [0.05, 0.1) is 22.3 Å². The van der Waals surface area contributed by atoms with Gasteiger partial charge in [-0.1, -0.05) is 235 Å². The Bertz CT molecular complexity index is 8910. The van der Waals surface area contributed by atoms with Crippen LogP contribution in [0.25, 0.3) is 178 Å². The topological polar surface area (TPSA) is 156 Å². The number of pyridine rings is 8. The molecule has 0 aliphatic heterocycles. The van der Waals surface area contributed by atoms with Crippen LogP contribution in [0.5, 0.6) is 0 Å². The third-order valence-corrected chi connectivity index (χ3v) is 21.1. The molecule has 24 aromatic rings. The third kappa shape index (κ3) is 25.2. The standard InChI is InChI=1S/2C21H18NO.C18H12NO.C17H10NO.2C12H10N.2C11H8N.4Ir/c1-13(2)18-11-19(22-12-14(18)3)17-9-6-8-16-15-7-4-5-10-20(15)23-21(16)17;1-13(2)18-12-22-19(11-14(18)3)17-9-6-8-16-15-7-4-5-10-20(15)23-21(16)17;1-12-9-10-16(19-11-12)15-7-4-6-14-13-5-2-3-8-17(13)20-18(14)15;1-2-10-16-12(6-1)13-7-5-8-14(17(13)19-16)15-9-3-4-11-18-15;2*1-10-7-8-12(13-9-10)11-5-3-2-4-6-11;2*1-2-6-10(7-3-1)11-8-4-5-9-12-11;;;;/h2*4-8,10-13H,1-3H3;2-6,8-11H,1H3;1-7,9-11H;2*2-5,7-9H,1H3;2*1-6,8-9H;;;;/q8*-1;;;;/i1D3,2D3,3D3,13D;1D3,3D3,13D;1D3;;2*1D3;;;;;;. The van der Waals surface area contributed by atoms with Gasteiger partial charge in [-0.05, 0) is 167 Å². The summed E-state index contributed by atoms with van der Waals surface area (Å²) in [5.41, 5.74) is 16.0. The molecular formula is C123H94Ir4N8O4-8. The van der Waals surface area contributed by atoms with E-state index in [2.05, 4.69) is 94.5 Å². The van der Waals surface area contributed by atoms with E-state index in [-0.39, 0.29) is 120 Å². The molecule has 12 aromatic heterocycles. The normalized spacial score (nSPS) is 14.5. The molecule has 24 rings (SSSR count). The Morgan fingerprint density at radius 1 is 0.237 bits per heavy atom. The largest absolute Gasteiger partial charge is 0.501 e. The molecule has 0 fully saturated rings. The van der Waals surface area contributed by atoms with Gasteiger partial charge in [0.1, 0.15) is 22.3 Å². The Morgan fingerprint density at radius 2 is 0.540 bits per heavy atom. The first-order chi connectivity index (χ1) is 76.6. The Labute approximate surface area is 901 Å². The maximum atomic E-state index is 8.56. The summed E-state index contributed by atoms with van der Waals surface area (Å²) in [6, 6.07) is 130. The zero-order valence-electron chi connectivity index (χ0n) is 99.6. The second-order valence-corrected chi connectivity index (χ2v) is 30.1. The first kappa shape index (κ1) is 72.0. The second kappa shape index (κ2) is 49.6. The fourth-order valence-electron chi connectivity index (χ4n) is 14.6.